The molecule has 0 aromatic carbocycles. The van der Waals surface area contributed by atoms with E-state index in [2.05, 4.69) is 0 Å². The zero-order valence-electron chi connectivity index (χ0n) is 5.63. The molecule has 2 heteroatoms. The standard InChI is InChI=1S/C7H12O2/c1-7(9)5-3-2-4-6-8/h3,5,8H,2,4,6H2,1H3. The number of unbranched alkanes of at least 4 members (excludes halogenated alkanes) is 1. The SMILES string of the molecule is CC(=O)C=CCCCO. The molecule has 0 saturated heterocycles. The predicted molar refractivity (Wildman–Crippen MR) is 36.1 cm³/mol. The fourth-order valence-electron chi connectivity index (χ4n) is 0.458. The van der Waals surface area contributed by atoms with E-state index in [0.29, 0.717) is 0 Å². The van der Waals surface area contributed by atoms with Crippen molar-refractivity contribution in [3.63, 3.8) is 0 Å². The molecule has 52 valence electrons. The van der Waals surface area contributed by atoms with Crippen molar-refractivity contribution >= 4 is 5.78 Å². The molecule has 0 aliphatic carbocycles. The lowest BCUT2D eigenvalue weighted by Gasteiger charge is -1.85. The Morgan fingerprint density at radius 1 is 1.67 bits per heavy atom. The first-order chi connectivity index (χ1) is 4.27. The minimum atomic E-state index is 0.0629. The van der Waals surface area contributed by atoms with E-state index in [1.54, 1.807) is 6.08 Å². The summed E-state index contributed by atoms with van der Waals surface area (Å²) < 4.78 is 0. The molecule has 0 bridgehead atoms. The number of hydrogen-bond donors (Lipinski definition) is 1. The second kappa shape index (κ2) is 5.51. The van der Waals surface area contributed by atoms with Gasteiger partial charge in [0.05, 0.1) is 0 Å². The van der Waals surface area contributed by atoms with Gasteiger partial charge >= 0.3 is 0 Å². The Hall–Kier alpha value is -0.630. The zero-order valence-corrected chi connectivity index (χ0v) is 5.63. The van der Waals surface area contributed by atoms with Gasteiger partial charge in [-0.1, -0.05) is 6.08 Å². The van der Waals surface area contributed by atoms with E-state index in [1.165, 1.54) is 13.0 Å². The van der Waals surface area contributed by atoms with Crippen molar-refractivity contribution in [2.45, 2.75) is 19.8 Å². The molecule has 0 atom stereocenters. The largest absolute Gasteiger partial charge is 0.396 e. The quantitative estimate of drug-likeness (QED) is 0.451. The predicted octanol–water partition coefficient (Wildman–Crippen LogP) is 0.904. The maximum absolute atomic E-state index is 10.3. The summed E-state index contributed by atoms with van der Waals surface area (Å²) in [6, 6.07) is 0. The van der Waals surface area contributed by atoms with Gasteiger partial charge in [-0.3, -0.25) is 4.79 Å². The van der Waals surface area contributed by atoms with Gasteiger partial charge in [0.2, 0.25) is 0 Å². The van der Waals surface area contributed by atoms with E-state index < -0.39 is 0 Å². The first-order valence-electron chi connectivity index (χ1n) is 3.05. The van der Waals surface area contributed by atoms with Crippen molar-refractivity contribution in [2.75, 3.05) is 6.61 Å². The normalized spacial score (nSPS) is 10.4. The highest BCUT2D eigenvalue weighted by molar-refractivity contribution is 5.87. The van der Waals surface area contributed by atoms with Crippen LogP contribution in [0, 0.1) is 0 Å². The maximum Gasteiger partial charge on any atom is 0.152 e. The highest BCUT2D eigenvalue weighted by Gasteiger charge is 1.81. The molecule has 2 nitrogen and oxygen atoms in total. The van der Waals surface area contributed by atoms with E-state index in [0.717, 1.165) is 12.8 Å². The van der Waals surface area contributed by atoms with E-state index in [-0.39, 0.29) is 12.4 Å². The van der Waals surface area contributed by atoms with Crippen LogP contribution in [-0.4, -0.2) is 17.5 Å². The van der Waals surface area contributed by atoms with E-state index in [4.69, 9.17) is 5.11 Å². The molecule has 0 fully saturated rings. The second-order valence-electron chi connectivity index (χ2n) is 1.88. The summed E-state index contributed by atoms with van der Waals surface area (Å²) in [4.78, 5) is 10.3. The number of aliphatic hydroxyl groups is 1. The van der Waals surface area contributed by atoms with E-state index in [1.807, 2.05) is 0 Å². The van der Waals surface area contributed by atoms with Crippen molar-refractivity contribution < 1.29 is 9.90 Å². The van der Waals surface area contributed by atoms with Crippen LogP contribution >= 0.6 is 0 Å². The molecule has 0 unspecified atom stereocenters. The number of allylic oxidation sites excluding steroid dienone is 2. The summed E-state index contributed by atoms with van der Waals surface area (Å²) >= 11 is 0. The molecule has 1 N–H and O–H groups in total. The first kappa shape index (κ1) is 8.37. The average Bonchev–Trinajstić information content (AvgIpc) is 1.80. The third kappa shape index (κ3) is 7.37. The number of aliphatic hydroxyl groups excluding tert-OH is 1. The molecule has 0 aromatic rings. The van der Waals surface area contributed by atoms with Gasteiger partial charge in [0.15, 0.2) is 5.78 Å². The van der Waals surface area contributed by atoms with Crippen LogP contribution in [-0.2, 0) is 4.79 Å². The first-order valence-corrected chi connectivity index (χ1v) is 3.05. The third-order valence-electron chi connectivity index (χ3n) is 0.881. The van der Waals surface area contributed by atoms with Crippen LogP contribution < -0.4 is 0 Å². The maximum atomic E-state index is 10.3. The fourth-order valence-corrected chi connectivity index (χ4v) is 0.458. The Balaban J connectivity index is 3.15. The molecule has 0 radical (unpaired) electrons. The van der Waals surface area contributed by atoms with Gasteiger partial charge in [-0.2, -0.15) is 0 Å². The Morgan fingerprint density at radius 2 is 2.33 bits per heavy atom. The average molecular weight is 128 g/mol. The second-order valence-corrected chi connectivity index (χ2v) is 1.88. The minimum Gasteiger partial charge on any atom is -0.396 e. The van der Waals surface area contributed by atoms with Crippen LogP contribution in [0.1, 0.15) is 19.8 Å². The molecular weight excluding hydrogens is 116 g/mol. The van der Waals surface area contributed by atoms with Crippen molar-refractivity contribution in [3.8, 4) is 0 Å². The molecule has 0 rings (SSSR count). The van der Waals surface area contributed by atoms with Crippen LogP contribution in [0.2, 0.25) is 0 Å². The Kier molecular flexibility index (Phi) is 5.12. The molecule has 0 amide bonds. The van der Waals surface area contributed by atoms with Gasteiger partial charge in [-0.15, -0.1) is 0 Å². The van der Waals surface area contributed by atoms with Crippen LogP contribution in [0.3, 0.4) is 0 Å². The highest BCUT2D eigenvalue weighted by Crippen LogP contribution is 1.88. The summed E-state index contributed by atoms with van der Waals surface area (Å²) in [6.45, 7) is 1.71. The van der Waals surface area contributed by atoms with Crippen LogP contribution in [0.4, 0.5) is 0 Å². The monoisotopic (exact) mass is 128 g/mol. The molecule has 0 heterocycles. The fraction of sp³-hybridized carbons (Fsp3) is 0.571. The van der Waals surface area contributed by atoms with Crippen LogP contribution in [0.25, 0.3) is 0 Å². The summed E-state index contributed by atoms with van der Waals surface area (Å²) in [5.41, 5.74) is 0. The number of ketones is 1. The minimum absolute atomic E-state index is 0.0629. The Bertz CT molecular complexity index is 105. The lowest BCUT2D eigenvalue weighted by atomic mass is 10.3. The smallest absolute Gasteiger partial charge is 0.152 e. The molecule has 0 aliphatic heterocycles. The summed E-state index contributed by atoms with van der Waals surface area (Å²) in [7, 11) is 0. The lowest BCUT2D eigenvalue weighted by molar-refractivity contribution is -0.112. The molecule has 9 heavy (non-hydrogen) atoms. The van der Waals surface area contributed by atoms with Gasteiger partial charge in [0.25, 0.3) is 0 Å². The molecule has 0 aliphatic rings. The Labute approximate surface area is 55.2 Å². The van der Waals surface area contributed by atoms with Gasteiger partial charge in [0, 0.05) is 6.61 Å². The number of carbonyl (C=O) groups is 1. The molecular formula is C7H12O2. The van der Waals surface area contributed by atoms with Gasteiger partial charge in [-0.25, -0.2) is 0 Å². The molecule has 0 aromatic heterocycles. The summed E-state index contributed by atoms with van der Waals surface area (Å²) in [6.07, 6.45) is 4.83. The Morgan fingerprint density at radius 3 is 2.78 bits per heavy atom. The van der Waals surface area contributed by atoms with E-state index in [9.17, 15) is 4.79 Å². The number of hydrogen-bond acceptors (Lipinski definition) is 2. The van der Waals surface area contributed by atoms with Gasteiger partial charge in [-0.05, 0) is 25.8 Å². The van der Waals surface area contributed by atoms with Crippen molar-refractivity contribution in [3.05, 3.63) is 12.2 Å². The third-order valence-corrected chi connectivity index (χ3v) is 0.881. The van der Waals surface area contributed by atoms with Crippen molar-refractivity contribution in [2.24, 2.45) is 0 Å². The lowest BCUT2D eigenvalue weighted by Crippen LogP contribution is -1.82. The van der Waals surface area contributed by atoms with Gasteiger partial charge in [0.1, 0.15) is 0 Å². The summed E-state index contributed by atoms with van der Waals surface area (Å²) in [5.74, 6) is 0.0629. The molecule has 0 saturated carbocycles. The van der Waals surface area contributed by atoms with Crippen molar-refractivity contribution in [1.82, 2.24) is 0 Å². The van der Waals surface area contributed by atoms with Gasteiger partial charge < -0.3 is 5.11 Å². The van der Waals surface area contributed by atoms with Crippen LogP contribution in [0.5, 0.6) is 0 Å². The van der Waals surface area contributed by atoms with Crippen molar-refractivity contribution in [1.29, 1.82) is 0 Å². The number of rotatable bonds is 4. The van der Waals surface area contributed by atoms with E-state index >= 15 is 0 Å². The van der Waals surface area contributed by atoms with Crippen LogP contribution in [0.15, 0.2) is 12.2 Å². The number of carbonyl (C=O) groups excluding carboxylic acids is 1. The zero-order chi connectivity index (χ0) is 7.11. The topological polar surface area (TPSA) is 37.3 Å². The molecule has 0 spiro atoms. The summed E-state index contributed by atoms with van der Waals surface area (Å²) in [5, 5.41) is 8.31. The highest BCUT2D eigenvalue weighted by atomic mass is 16.2.